The van der Waals surface area contributed by atoms with Gasteiger partial charge in [0, 0.05) is 0 Å². The maximum absolute atomic E-state index is 5.02. The largest absolute Gasteiger partial charge is 0.422 e. The van der Waals surface area contributed by atoms with E-state index >= 15 is 0 Å². The molecule has 0 bridgehead atoms. The van der Waals surface area contributed by atoms with Crippen LogP contribution in [0.4, 0.5) is 0 Å². The van der Waals surface area contributed by atoms with Crippen LogP contribution in [0, 0.1) is 0 Å². The molecule has 0 aliphatic rings. The summed E-state index contributed by atoms with van der Waals surface area (Å²) in [4.78, 5) is 0. The summed E-state index contributed by atoms with van der Waals surface area (Å²) in [5, 5.41) is 0.265. The number of hydrogen-bond acceptors (Lipinski definition) is 2. The lowest BCUT2D eigenvalue weighted by Crippen LogP contribution is -2.30. The van der Waals surface area contributed by atoms with Crippen molar-refractivity contribution in [2.45, 2.75) is 26.1 Å². The van der Waals surface area contributed by atoms with E-state index in [1.54, 1.807) is 0 Å². The highest BCUT2D eigenvalue weighted by Gasteiger charge is 2.26. The zero-order valence-electron chi connectivity index (χ0n) is 6.36. The van der Waals surface area contributed by atoms with Gasteiger partial charge in [0.05, 0.1) is 46.0 Å². The van der Waals surface area contributed by atoms with Crippen LogP contribution < -0.4 is 0 Å². The summed E-state index contributed by atoms with van der Waals surface area (Å²) in [5.41, 5.74) is 0. The molecule has 0 aromatic rings. The Hall–Kier alpha value is 1.51. The Morgan fingerprint density at radius 1 is 1.20 bits per heavy atom. The zero-order chi connectivity index (χ0) is 8.20. The topological polar surface area (TPSA) is 18.5 Å². The third-order valence-electron chi connectivity index (χ3n) is 0.978. The normalized spacial score (nSPS) is 11.3. The van der Waals surface area contributed by atoms with Crippen molar-refractivity contribution in [2.75, 3.05) is 0 Å². The van der Waals surface area contributed by atoms with Gasteiger partial charge < -0.3 is 5.97 Å². The second-order valence-electron chi connectivity index (χ2n) is 3.37. The Balaban J connectivity index is 3.63. The second kappa shape index (κ2) is 5.21. The van der Waals surface area contributed by atoms with Crippen molar-refractivity contribution >= 4 is 60.2 Å². The van der Waals surface area contributed by atoms with Crippen molar-refractivity contribution in [3.05, 3.63) is 0 Å². The standard InChI is InChI=1S/C4H10B2I2O2/c1-4(2,3)5-6(9-7)10-8/h5H,1-3H3. The molecule has 0 aromatic carbocycles. The minimum absolute atomic E-state index is 0.0822. The van der Waals surface area contributed by atoms with E-state index in [0.29, 0.717) is 0 Å². The van der Waals surface area contributed by atoms with Crippen LogP contribution in [0.15, 0.2) is 0 Å². The summed E-state index contributed by atoms with van der Waals surface area (Å²) in [6, 6.07) is 0. The Bertz CT molecular complexity index is 91.7. The molecule has 58 valence electrons. The van der Waals surface area contributed by atoms with E-state index in [1.165, 1.54) is 0 Å². The average Bonchev–Trinajstić information content (AvgIpc) is 1.81. The van der Waals surface area contributed by atoms with Gasteiger partial charge in [0.25, 0.3) is 0 Å². The molecule has 0 aromatic heterocycles. The summed E-state index contributed by atoms with van der Waals surface area (Å²) in [6.07, 6.45) is 0. The third-order valence-corrected chi connectivity index (χ3v) is 2.11. The summed E-state index contributed by atoms with van der Waals surface area (Å²) in [6.45, 7) is 6.47. The van der Waals surface area contributed by atoms with Gasteiger partial charge in [0.1, 0.15) is 0 Å². The molecule has 0 saturated carbocycles. The van der Waals surface area contributed by atoms with Crippen LogP contribution in [0.3, 0.4) is 0 Å². The fourth-order valence-electron chi connectivity index (χ4n) is 0.577. The molecule has 0 unspecified atom stereocenters. The maximum Gasteiger partial charge on any atom is 0.422 e. The molecule has 0 saturated heterocycles. The van der Waals surface area contributed by atoms with Crippen LogP contribution in [0.2, 0.25) is 5.31 Å². The lowest BCUT2D eigenvalue weighted by Gasteiger charge is -2.17. The first kappa shape index (κ1) is 11.5. The van der Waals surface area contributed by atoms with Crippen molar-refractivity contribution in [2.24, 2.45) is 0 Å². The molecule has 0 radical (unpaired) electrons. The Morgan fingerprint density at radius 2 is 1.60 bits per heavy atom. The number of halogens is 2. The van der Waals surface area contributed by atoms with Gasteiger partial charge in [-0.1, -0.05) is 26.1 Å². The molecule has 0 aliphatic carbocycles. The highest BCUT2D eigenvalue weighted by Crippen LogP contribution is 2.22. The quantitative estimate of drug-likeness (QED) is 0.565. The molecular weight excluding hydrogens is 355 g/mol. The first-order valence-electron chi connectivity index (χ1n) is 3.04. The van der Waals surface area contributed by atoms with E-state index in [-0.39, 0.29) is 12.3 Å². The van der Waals surface area contributed by atoms with Gasteiger partial charge in [-0.2, -0.15) is 0 Å². The molecule has 0 amide bonds. The van der Waals surface area contributed by atoms with Gasteiger partial charge in [-0.15, -0.1) is 0 Å². The van der Waals surface area contributed by atoms with Crippen molar-refractivity contribution in [1.82, 2.24) is 0 Å². The number of rotatable bonds is 3. The van der Waals surface area contributed by atoms with Crippen molar-refractivity contribution < 1.29 is 5.97 Å². The van der Waals surface area contributed by atoms with E-state index in [9.17, 15) is 0 Å². The van der Waals surface area contributed by atoms with Crippen LogP contribution in [-0.2, 0) is 5.97 Å². The molecular formula is C4H10B2I2O2. The van der Waals surface area contributed by atoms with Gasteiger partial charge in [-0.25, -0.2) is 0 Å². The molecule has 10 heavy (non-hydrogen) atoms. The molecule has 6 heteroatoms. The van der Waals surface area contributed by atoms with Crippen LogP contribution in [0.25, 0.3) is 0 Å². The van der Waals surface area contributed by atoms with Crippen LogP contribution in [0.1, 0.15) is 20.8 Å². The Kier molecular flexibility index (Phi) is 5.99. The van der Waals surface area contributed by atoms with Crippen LogP contribution >= 0.6 is 46.0 Å². The summed E-state index contributed by atoms with van der Waals surface area (Å²) >= 11 is 3.72. The van der Waals surface area contributed by atoms with Gasteiger partial charge in [-0.05, 0) is 0 Å². The van der Waals surface area contributed by atoms with Gasteiger partial charge in [-0.3, -0.25) is 0 Å². The fraction of sp³-hybridized carbons (Fsp3) is 1.00. The highest BCUT2D eigenvalue weighted by molar-refractivity contribution is 14.1. The lowest BCUT2D eigenvalue weighted by molar-refractivity contribution is 0.599. The van der Waals surface area contributed by atoms with Gasteiger partial charge in [0.2, 0.25) is 0 Å². The van der Waals surface area contributed by atoms with Crippen molar-refractivity contribution in [3.8, 4) is 0 Å². The second-order valence-corrected chi connectivity index (χ2v) is 4.39. The monoisotopic (exact) mass is 366 g/mol. The first-order chi connectivity index (χ1) is 4.49. The maximum atomic E-state index is 5.02. The first-order valence-corrected chi connectivity index (χ1v) is 4.80. The third kappa shape index (κ3) is 6.23. The molecule has 0 atom stereocenters. The van der Waals surface area contributed by atoms with E-state index in [4.69, 9.17) is 5.97 Å². The molecule has 0 rings (SSSR count). The SMILES string of the molecule is CC(C)(C)BB(OI)OI. The summed E-state index contributed by atoms with van der Waals surface area (Å²) < 4.78 is 10.0. The van der Waals surface area contributed by atoms with Gasteiger partial charge >= 0.3 is 7.01 Å². The highest BCUT2D eigenvalue weighted by atomic mass is 127. The smallest absolute Gasteiger partial charge is 0.353 e. The Labute approximate surface area is 91.6 Å². The van der Waals surface area contributed by atoms with E-state index in [2.05, 4.69) is 20.8 Å². The predicted molar refractivity (Wildman–Crippen MR) is 62.8 cm³/mol. The van der Waals surface area contributed by atoms with Crippen molar-refractivity contribution in [1.29, 1.82) is 0 Å². The average molecular weight is 366 g/mol. The van der Waals surface area contributed by atoms with E-state index in [1.807, 2.05) is 46.0 Å². The molecule has 0 N–H and O–H groups in total. The Morgan fingerprint density at radius 3 is 1.70 bits per heavy atom. The molecule has 2 nitrogen and oxygen atoms in total. The molecule has 0 spiro atoms. The number of hydrogen-bond donors (Lipinski definition) is 0. The molecule has 0 aliphatic heterocycles. The van der Waals surface area contributed by atoms with Crippen LogP contribution in [0.5, 0.6) is 0 Å². The summed E-state index contributed by atoms with van der Waals surface area (Å²) in [7, 11) is 0.833. The molecule has 0 fully saturated rings. The van der Waals surface area contributed by atoms with Gasteiger partial charge in [0.15, 0.2) is 7.17 Å². The fourth-order valence-corrected chi connectivity index (χ4v) is 1.54. The summed E-state index contributed by atoms with van der Waals surface area (Å²) in [5.74, 6) is 0. The van der Waals surface area contributed by atoms with E-state index in [0.717, 1.165) is 7.17 Å². The van der Waals surface area contributed by atoms with Crippen molar-refractivity contribution in [3.63, 3.8) is 0 Å². The minimum atomic E-state index is -0.0822. The van der Waals surface area contributed by atoms with E-state index < -0.39 is 0 Å². The molecule has 0 heterocycles. The zero-order valence-corrected chi connectivity index (χ0v) is 10.7. The minimum Gasteiger partial charge on any atom is -0.353 e. The predicted octanol–water partition coefficient (Wildman–Crippen LogP) is 2.36. The van der Waals surface area contributed by atoms with Crippen LogP contribution in [-0.4, -0.2) is 14.2 Å². The lowest BCUT2D eigenvalue weighted by atomic mass is 9.33.